The maximum Gasteiger partial charge on any atom is 0.239 e. The maximum atomic E-state index is 13.6. The van der Waals surface area contributed by atoms with Gasteiger partial charge in [-0.15, -0.1) is 0 Å². The number of benzene rings is 2. The van der Waals surface area contributed by atoms with E-state index in [-0.39, 0.29) is 11.1 Å². The average molecular weight is 611 g/mol. The molecule has 0 unspecified atom stereocenters. The minimum atomic E-state index is -1.97. The van der Waals surface area contributed by atoms with Gasteiger partial charge in [0.2, 0.25) is 17.5 Å². The van der Waals surface area contributed by atoms with Crippen molar-refractivity contribution in [1.82, 2.24) is 0 Å². The Morgan fingerprint density at radius 3 is 2.12 bits per heavy atom. The van der Waals surface area contributed by atoms with E-state index < -0.39 is 113 Å². The first kappa shape index (κ1) is 30.7. The normalized spacial score (nSPS) is 33.0. The molecule has 2 saturated heterocycles. The van der Waals surface area contributed by atoms with E-state index in [0.29, 0.717) is 0 Å². The average Bonchev–Trinajstić information content (AvgIpc) is 2.96. The molecule has 43 heavy (non-hydrogen) atoms. The molecule has 16 nitrogen and oxygen atoms in total. The third-order valence-electron chi connectivity index (χ3n) is 7.29. The standard InChI is InChI=1S/C27H30O16/c1-8-17(32)20(35)22(37)26(40-8)39-7-15-18(33)21(36)23(38)27(42-15)43-25-19(34)16-13(31)5-10(28)6-14(16)41-24(25)9-2-3-11(29)12(30)4-9/h2-6,8,15,17-18,20-23,26-33,35-38H,7H2,1H3/t8-,15+,17-,18+,20+,21-,22-,23+,26-,27-/m1/s1. The lowest BCUT2D eigenvalue weighted by atomic mass is 9.98. The van der Waals surface area contributed by atoms with Crippen molar-refractivity contribution in [3.05, 3.63) is 40.6 Å². The number of hydrogen-bond donors (Lipinski definition) is 10. The first-order valence-corrected chi connectivity index (χ1v) is 13.0. The fraction of sp³-hybridized carbons (Fsp3) is 0.444. The van der Waals surface area contributed by atoms with Gasteiger partial charge in [0.15, 0.2) is 23.5 Å². The summed E-state index contributed by atoms with van der Waals surface area (Å²) in [7, 11) is 0. The molecule has 16 heteroatoms. The van der Waals surface area contributed by atoms with E-state index in [1.54, 1.807) is 0 Å². The lowest BCUT2D eigenvalue weighted by Gasteiger charge is -2.42. The Hall–Kier alpha value is -3.71. The summed E-state index contributed by atoms with van der Waals surface area (Å²) in [5.41, 5.74) is -1.35. The lowest BCUT2D eigenvalue weighted by molar-refractivity contribution is -0.318. The first-order valence-electron chi connectivity index (χ1n) is 13.0. The van der Waals surface area contributed by atoms with E-state index in [9.17, 15) is 55.9 Å². The number of aliphatic hydroxyl groups excluding tert-OH is 6. The number of aromatic hydroxyl groups is 4. The van der Waals surface area contributed by atoms with Crippen LogP contribution in [0, 0.1) is 0 Å². The van der Waals surface area contributed by atoms with Crippen LogP contribution in [0.5, 0.6) is 28.7 Å². The highest BCUT2D eigenvalue weighted by atomic mass is 16.7. The molecule has 10 N–H and O–H groups in total. The third kappa shape index (κ3) is 5.67. The van der Waals surface area contributed by atoms with E-state index in [2.05, 4.69) is 0 Å². The summed E-state index contributed by atoms with van der Waals surface area (Å²) in [6.07, 6.45) is -16.2. The van der Waals surface area contributed by atoms with Crippen LogP contribution < -0.4 is 10.2 Å². The molecule has 2 aliphatic rings. The third-order valence-corrected chi connectivity index (χ3v) is 7.29. The highest BCUT2D eigenvalue weighted by molar-refractivity contribution is 5.88. The minimum absolute atomic E-state index is 0.0313. The van der Waals surface area contributed by atoms with Crippen molar-refractivity contribution in [3.63, 3.8) is 0 Å². The van der Waals surface area contributed by atoms with Gasteiger partial charge in [0.25, 0.3) is 0 Å². The highest BCUT2D eigenvalue weighted by Crippen LogP contribution is 2.39. The van der Waals surface area contributed by atoms with Gasteiger partial charge in [-0.05, 0) is 25.1 Å². The molecular weight excluding hydrogens is 580 g/mol. The predicted molar refractivity (Wildman–Crippen MR) is 140 cm³/mol. The zero-order chi connectivity index (χ0) is 31.3. The molecule has 2 aliphatic heterocycles. The van der Waals surface area contributed by atoms with E-state index in [1.807, 2.05) is 0 Å². The van der Waals surface area contributed by atoms with Crippen molar-refractivity contribution in [2.45, 2.75) is 68.3 Å². The van der Waals surface area contributed by atoms with Crippen LogP contribution in [-0.2, 0) is 14.2 Å². The number of aliphatic hydroxyl groups is 6. The van der Waals surface area contributed by atoms with Crippen LogP contribution in [0.2, 0.25) is 0 Å². The Bertz CT molecular complexity index is 1540. The quantitative estimate of drug-likeness (QED) is 0.140. The predicted octanol–water partition coefficient (Wildman–Crippen LogP) is -1.69. The number of fused-ring (bicyclic) bond motifs is 1. The lowest BCUT2D eigenvalue weighted by Crippen LogP contribution is -2.61. The molecule has 0 radical (unpaired) electrons. The molecule has 234 valence electrons. The van der Waals surface area contributed by atoms with E-state index >= 15 is 0 Å². The van der Waals surface area contributed by atoms with Crippen LogP contribution in [0.15, 0.2) is 39.5 Å². The summed E-state index contributed by atoms with van der Waals surface area (Å²) in [5.74, 6) is -3.33. The Morgan fingerprint density at radius 1 is 0.744 bits per heavy atom. The zero-order valence-corrected chi connectivity index (χ0v) is 22.3. The number of rotatable bonds is 6. The molecule has 0 aliphatic carbocycles. The second-order valence-electron chi connectivity index (χ2n) is 10.3. The summed E-state index contributed by atoms with van der Waals surface area (Å²) in [5, 5.41) is 101. The summed E-state index contributed by atoms with van der Waals surface area (Å²) in [6.45, 7) is 0.818. The van der Waals surface area contributed by atoms with Crippen molar-refractivity contribution >= 4 is 11.0 Å². The van der Waals surface area contributed by atoms with Crippen LogP contribution in [0.1, 0.15) is 6.92 Å². The smallest absolute Gasteiger partial charge is 0.239 e. The Morgan fingerprint density at radius 2 is 1.42 bits per heavy atom. The number of hydrogen-bond acceptors (Lipinski definition) is 16. The molecule has 10 atom stereocenters. The van der Waals surface area contributed by atoms with Crippen LogP contribution in [0.4, 0.5) is 0 Å². The molecule has 0 spiro atoms. The SMILES string of the molecule is C[C@H]1O[C@@H](OC[C@@H]2O[C@H](Oc3c(-c4ccc(O)c(O)c4)oc4cc(O)cc(O)c4c3=O)[C@@H](O)[C@H](O)[C@H]2O)[C@H](O)[C@@H](O)[C@@H]1O. The first-order chi connectivity index (χ1) is 20.3. The minimum Gasteiger partial charge on any atom is -0.508 e. The van der Waals surface area contributed by atoms with Gasteiger partial charge in [0.05, 0.1) is 12.7 Å². The molecule has 3 heterocycles. The van der Waals surface area contributed by atoms with Crippen molar-refractivity contribution < 1.29 is 74.4 Å². The summed E-state index contributed by atoms with van der Waals surface area (Å²) in [4.78, 5) is 13.6. The van der Waals surface area contributed by atoms with Gasteiger partial charge in [-0.1, -0.05) is 0 Å². The van der Waals surface area contributed by atoms with Crippen LogP contribution in [-0.4, -0.2) is 119 Å². The van der Waals surface area contributed by atoms with Crippen molar-refractivity contribution in [2.75, 3.05) is 6.61 Å². The molecule has 0 saturated carbocycles. The van der Waals surface area contributed by atoms with Crippen molar-refractivity contribution in [3.8, 4) is 40.1 Å². The van der Waals surface area contributed by atoms with E-state index in [0.717, 1.165) is 24.3 Å². The Balaban J connectivity index is 1.48. The monoisotopic (exact) mass is 610 g/mol. The van der Waals surface area contributed by atoms with Gasteiger partial charge in [-0.3, -0.25) is 4.79 Å². The molecule has 3 aromatic rings. The molecule has 0 amide bonds. The fourth-order valence-corrected chi connectivity index (χ4v) is 4.84. The fourth-order valence-electron chi connectivity index (χ4n) is 4.84. The number of ether oxygens (including phenoxy) is 4. The summed E-state index contributed by atoms with van der Waals surface area (Å²) in [6, 6.07) is 5.24. The molecule has 1 aromatic heterocycles. The topological polar surface area (TPSA) is 269 Å². The Kier molecular flexibility index (Phi) is 8.41. The molecule has 5 rings (SSSR count). The molecule has 2 fully saturated rings. The van der Waals surface area contributed by atoms with Gasteiger partial charge in [0, 0.05) is 17.7 Å². The van der Waals surface area contributed by atoms with Gasteiger partial charge >= 0.3 is 0 Å². The van der Waals surface area contributed by atoms with Crippen molar-refractivity contribution in [2.24, 2.45) is 0 Å². The second kappa shape index (κ2) is 11.8. The Labute approximate surface area is 241 Å². The van der Waals surface area contributed by atoms with E-state index in [4.69, 9.17) is 23.4 Å². The van der Waals surface area contributed by atoms with Gasteiger partial charge in [0.1, 0.15) is 65.2 Å². The van der Waals surface area contributed by atoms with Gasteiger partial charge < -0.3 is 74.4 Å². The zero-order valence-electron chi connectivity index (χ0n) is 22.3. The summed E-state index contributed by atoms with van der Waals surface area (Å²) < 4.78 is 27.8. The molecular formula is C27H30O16. The number of phenolic OH excluding ortho intramolecular Hbond substituents is 4. The second-order valence-corrected chi connectivity index (χ2v) is 10.3. The highest BCUT2D eigenvalue weighted by Gasteiger charge is 2.47. The maximum absolute atomic E-state index is 13.6. The van der Waals surface area contributed by atoms with Gasteiger partial charge in [-0.25, -0.2) is 0 Å². The van der Waals surface area contributed by atoms with Crippen molar-refractivity contribution in [1.29, 1.82) is 0 Å². The molecule has 0 bridgehead atoms. The molecule has 2 aromatic carbocycles. The van der Waals surface area contributed by atoms with Gasteiger partial charge in [-0.2, -0.15) is 0 Å². The van der Waals surface area contributed by atoms with E-state index in [1.165, 1.54) is 13.0 Å². The van der Waals surface area contributed by atoms with Crippen LogP contribution >= 0.6 is 0 Å². The van der Waals surface area contributed by atoms with Crippen LogP contribution in [0.3, 0.4) is 0 Å². The number of phenols is 4. The largest absolute Gasteiger partial charge is 0.508 e. The summed E-state index contributed by atoms with van der Waals surface area (Å²) >= 11 is 0. The van der Waals surface area contributed by atoms with Crippen LogP contribution in [0.25, 0.3) is 22.3 Å².